The molecule has 0 aromatic carbocycles. The van der Waals surface area contributed by atoms with Crippen LogP contribution in [0.3, 0.4) is 0 Å². The number of hydrogen-bond donors (Lipinski definition) is 2. The number of carbonyl (C=O) groups excluding carboxylic acids is 1. The quantitative estimate of drug-likeness (QED) is 0.384. The van der Waals surface area contributed by atoms with E-state index in [2.05, 4.69) is 4.98 Å². The molecule has 0 amide bonds. The Morgan fingerprint density at radius 3 is 2.57 bits per heavy atom. The van der Waals surface area contributed by atoms with Crippen molar-refractivity contribution in [3.63, 3.8) is 0 Å². The molecule has 0 unspecified atom stereocenters. The van der Waals surface area contributed by atoms with E-state index in [0.717, 1.165) is 0 Å². The highest BCUT2D eigenvalue weighted by atomic mass is 31.2. The largest absolute Gasteiger partial charge is 0.466 e. The van der Waals surface area contributed by atoms with Crippen molar-refractivity contribution in [1.29, 1.82) is 0 Å². The first-order valence-corrected chi connectivity index (χ1v) is 9.86. The van der Waals surface area contributed by atoms with E-state index in [1.54, 1.807) is 20.3 Å². The molecule has 1 aromatic rings. The Hall–Kier alpha value is -1.86. The van der Waals surface area contributed by atoms with Gasteiger partial charge in [0.25, 0.3) is 5.56 Å². The number of ether oxygens (including phenoxy) is 2. The highest BCUT2D eigenvalue weighted by molar-refractivity contribution is 7.62. The zero-order chi connectivity index (χ0) is 17.6. The average Bonchev–Trinajstić information content (AvgIpc) is 2.41. The van der Waals surface area contributed by atoms with Gasteiger partial charge >= 0.3 is 5.97 Å². The van der Waals surface area contributed by atoms with Crippen LogP contribution >= 0.6 is 7.14 Å². The summed E-state index contributed by atoms with van der Waals surface area (Å²) in [5, 5.41) is 0. The van der Waals surface area contributed by atoms with Gasteiger partial charge in [0.2, 0.25) is 5.95 Å². The minimum Gasteiger partial charge on any atom is -0.466 e. The fourth-order valence-corrected chi connectivity index (χ4v) is 2.38. The summed E-state index contributed by atoms with van der Waals surface area (Å²) in [4.78, 5) is 27.8. The van der Waals surface area contributed by atoms with Crippen molar-refractivity contribution in [2.75, 3.05) is 44.4 Å². The number of hydrogen-bond acceptors (Lipinski definition) is 8. The van der Waals surface area contributed by atoms with Crippen LogP contribution in [0.1, 0.15) is 12.5 Å². The fourth-order valence-electron chi connectivity index (χ4n) is 1.81. The van der Waals surface area contributed by atoms with Crippen LogP contribution in [0, 0.1) is 0 Å². The van der Waals surface area contributed by atoms with Crippen LogP contribution in [-0.2, 0) is 31.8 Å². The lowest BCUT2D eigenvalue weighted by Crippen LogP contribution is -2.31. The van der Waals surface area contributed by atoms with Crippen LogP contribution in [0.25, 0.3) is 0 Å². The summed E-state index contributed by atoms with van der Waals surface area (Å²) in [6.45, 7) is 5.34. The second-order valence-corrected chi connectivity index (χ2v) is 8.79. The SMILES string of the molecule is CCOC(=O)Cc1c(N)nc(N)n(CCOCP(C)(C)=O)c1=O. The van der Waals surface area contributed by atoms with E-state index in [0.29, 0.717) is 0 Å². The summed E-state index contributed by atoms with van der Waals surface area (Å²) in [5.41, 5.74) is 10.9. The summed E-state index contributed by atoms with van der Waals surface area (Å²) < 4.78 is 22.8. The molecular weight excluding hydrogens is 323 g/mol. The van der Waals surface area contributed by atoms with Gasteiger partial charge < -0.3 is 25.5 Å². The molecule has 130 valence electrons. The molecule has 23 heavy (non-hydrogen) atoms. The van der Waals surface area contributed by atoms with Gasteiger partial charge in [-0.05, 0) is 20.3 Å². The molecule has 0 saturated carbocycles. The van der Waals surface area contributed by atoms with Crippen LogP contribution in [0.15, 0.2) is 4.79 Å². The number of anilines is 2. The van der Waals surface area contributed by atoms with Gasteiger partial charge in [0.1, 0.15) is 13.0 Å². The normalized spacial score (nSPS) is 11.4. The molecule has 0 bridgehead atoms. The first-order valence-electron chi connectivity index (χ1n) is 7.07. The molecule has 0 fully saturated rings. The maximum Gasteiger partial charge on any atom is 0.310 e. The molecule has 0 aliphatic heterocycles. The van der Waals surface area contributed by atoms with E-state index in [-0.39, 0.29) is 49.9 Å². The van der Waals surface area contributed by atoms with Gasteiger partial charge in [-0.2, -0.15) is 4.98 Å². The van der Waals surface area contributed by atoms with Crippen molar-refractivity contribution < 1.29 is 18.8 Å². The predicted octanol–water partition coefficient (Wildman–Crippen LogP) is 0.110. The molecule has 10 heteroatoms. The Morgan fingerprint density at radius 1 is 1.35 bits per heavy atom. The van der Waals surface area contributed by atoms with E-state index in [1.807, 2.05) is 0 Å². The summed E-state index contributed by atoms with van der Waals surface area (Å²) in [6, 6.07) is 0. The molecule has 0 spiro atoms. The Bertz CT molecular complexity index is 667. The van der Waals surface area contributed by atoms with E-state index in [4.69, 9.17) is 20.9 Å². The van der Waals surface area contributed by atoms with Crippen molar-refractivity contribution in [3.8, 4) is 0 Å². The first kappa shape index (κ1) is 19.2. The van der Waals surface area contributed by atoms with Crippen LogP contribution < -0.4 is 17.0 Å². The topological polar surface area (TPSA) is 140 Å². The standard InChI is InChI=1S/C13H23N4O5P/c1-4-22-10(18)7-9-11(14)16-13(15)17(12(9)19)5-6-21-8-23(2,3)20/h4-8,14H2,1-3H3,(H2,15,16). The van der Waals surface area contributed by atoms with Crippen LogP contribution in [0.5, 0.6) is 0 Å². The van der Waals surface area contributed by atoms with E-state index in [9.17, 15) is 14.2 Å². The summed E-state index contributed by atoms with van der Waals surface area (Å²) in [6.07, 6.45) is -0.161. The highest BCUT2D eigenvalue weighted by Gasteiger charge is 2.17. The first-order chi connectivity index (χ1) is 10.7. The van der Waals surface area contributed by atoms with E-state index < -0.39 is 18.7 Å². The van der Waals surface area contributed by atoms with Gasteiger partial charge in [-0.1, -0.05) is 0 Å². The van der Waals surface area contributed by atoms with Gasteiger partial charge in [-0.15, -0.1) is 0 Å². The van der Waals surface area contributed by atoms with Gasteiger partial charge in [0.05, 0.1) is 38.1 Å². The zero-order valence-corrected chi connectivity index (χ0v) is 14.5. The minimum atomic E-state index is -2.29. The third-order valence-electron chi connectivity index (χ3n) is 2.81. The molecule has 0 radical (unpaired) electrons. The maximum atomic E-state index is 12.4. The van der Waals surface area contributed by atoms with Crippen LogP contribution in [-0.4, -0.2) is 48.4 Å². The Labute approximate surface area is 134 Å². The van der Waals surface area contributed by atoms with E-state index in [1.165, 1.54) is 4.57 Å². The number of rotatable bonds is 8. The average molecular weight is 346 g/mol. The Morgan fingerprint density at radius 2 is 2.00 bits per heavy atom. The number of nitrogen functional groups attached to an aromatic ring is 2. The monoisotopic (exact) mass is 346 g/mol. The Balaban J connectivity index is 2.89. The lowest BCUT2D eigenvalue weighted by Gasteiger charge is -2.13. The van der Waals surface area contributed by atoms with Crippen molar-refractivity contribution in [2.24, 2.45) is 0 Å². The van der Waals surface area contributed by atoms with Gasteiger partial charge in [-0.3, -0.25) is 14.2 Å². The predicted molar refractivity (Wildman–Crippen MR) is 87.9 cm³/mol. The molecule has 0 saturated heterocycles. The molecule has 0 aliphatic carbocycles. The molecule has 0 aliphatic rings. The Kier molecular flexibility index (Phi) is 6.78. The lowest BCUT2D eigenvalue weighted by molar-refractivity contribution is -0.142. The van der Waals surface area contributed by atoms with Gasteiger partial charge in [0, 0.05) is 0 Å². The summed E-state index contributed by atoms with van der Waals surface area (Å²) in [5.74, 6) is -0.729. The molecule has 1 rings (SSSR count). The van der Waals surface area contributed by atoms with Gasteiger partial charge in [-0.25, -0.2) is 0 Å². The van der Waals surface area contributed by atoms with Crippen LogP contribution in [0.4, 0.5) is 11.8 Å². The van der Waals surface area contributed by atoms with Crippen molar-refractivity contribution in [1.82, 2.24) is 9.55 Å². The molecular formula is C13H23N4O5P. The fraction of sp³-hybridized carbons (Fsp3) is 0.615. The minimum absolute atomic E-state index is 0.0364. The molecule has 9 nitrogen and oxygen atoms in total. The van der Waals surface area contributed by atoms with E-state index >= 15 is 0 Å². The molecule has 1 heterocycles. The number of nitrogens with zero attached hydrogens (tertiary/aromatic N) is 2. The van der Waals surface area contributed by atoms with Crippen molar-refractivity contribution in [3.05, 3.63) is 15.9 Å². The highest BCUT2D eigenvalue weighted by Crippen LogP contribution is 2.35. The number of esters is 1. The third-order valence-corrected chi connectivity index (χ3v) is 3.62. The second-order valence-electron chi connectivity index (χ2n) is 5.38. The third kappa shape index (κ3) is 6.03. The smallest absolute Gasteiger partial charge is 0.310 e. The number of aromatic nitrogens is 2. The van der Waals surface area contributed by atoms with Crippen molar-refractivity contribution >= 4 is 24.9 Å². The maximum absolute atomic E-state index is 12.4. The summed E-state index contributed by atoms with van der Waals surface area (Å²) >= 11 is 0. The summed E-state index contributed by atoms with van der Waals surface area (Å²) in [7, 11) is -2.29. The zero-order valence-electron chi connectivity index (χ0n) is 13.6. The van der Waals surface area contributed by atoms with Crippen molar-refractivity contribution in [2.45, 2.75) is 19.9 Å². The number of nitrogens with two attached hydrogens (primary N) is 2. The molecule has 0 atom stereocenters. The van der Waals surface area contributed by atoms with Gasteiger partial charge in [0.15, 0.2) is 0 Å². The van der Waals surface area contributed by atoms with Crippen LogP contribution in [0.2, 0.25) is 0 Å². The lowest BCUT2D eigenvalue weighted by atomic mass is 10.2. The second kappa shape index (κ2) is 8.12. The molecule has 1 aromatic heterocycles. The number of carbonyl (C=O) groups is 1. The molecule has 4 N–H and O–H groups in total.